The van der Waals surface area contributed by atoms with Crippen molar-refractivity contribution in [2.24, 2.45) is 0 Å². The van der Waals surface area contributed by atoms with E-state index in [-0.39, 0.29) is 18.0 Å². The molecular weight excluding hydrogens is 438 g/mol. The van der Waals surface area contributed by atoms with E-state index < -0.39 is 15.9 Å². The molecule has 0 atom stereocenters. The number of amides is 1. The maximum Gasteiger partial charge on any atom is 0.243 e. The van der Waals surface area contributed by atoms with Gasteiger partial charge in [0, 0.05) is 24.5 Å². The van der Waals surface area contributed by atoms with Crippen LogP contribution in [0.25, 0.3) is 0 Å². The number of nitrogens with zero attached hydrogens (tertiary/aromatic N) is 2. The lowest BCUT2D eigenvalue weighted by atomic mass is 10.1. The van der Waals surface area contributed by atoms with Gasteiger partial charge in [-0.25, -0.2) is 8.42 Å². The minimum absolute atomic E-state index is 0.0372. The minimum atomic E-state index is -3.90. The molecule has 2 heterocycles. The molecule has 2 aromatic carbocycles. The molecule has 0 unspecified atom stereocenters. The van der Waals surface area contributed by atoms with Gasteiger partial charge in [-0.05, 0) is 74.7 Å². The van der Waals surface area contributed by atoms with E-state index in [9.17, 15) is 13.2 Å². The molecule has 0 bridgehead atoms. The van der Waals surface area contributed by atoms with Crippen LogP contribution in [0.5, 0.6) is 0 Å². The molecule has 1 fully saturated rings. The number of furan rings is 1. The summed E-state index contributed by atoms with van der Waals surface area (Å²) in [6.07, 6.45) is 5.14. The van der Waals surface area contributed by atoms with Crippen LogP contribution in [-0.4, -0.2) is 38.3 Å². The van der Waals surface area contributed by atoms with E-state index in [0.717, 1.165) is 28.6 Å². The highest BCUT2D eigenvalue weighted by Crippen LogP contribution is 2.23. The summed E-state index contributed by atoms with van der Waals surface area (Å²) in [5.41, 5.74) is 2.72. The molecule has 0 radical (unpaired) electrons. The van der Waals surface area contributed by atoms with Gasteiger partial charge in [0.05, 0.1) is 24.2 Å². The molecule has 1 N–H and O–H groups in total. The Morgan fingerprint density at radius 2 is 1.70 bits per heavy atom. The summed E-state index contributed by atoms with van der Waals surface area (Å²) < 4.78 is 33.0. The fourth-order valence-electron chi connectivity index (χ4n) is 3.93. The van der Waals surface area contributed by atoms with E-state index in [1.165, 1.54) is 25.5 Å². The maximum absolute atomic E-state index is 13.3. The molecule has 4 rings (SSSR count). The van der Waals surface area contributed by atoms with Crippen molar-refractivity contribution in [1.82, 2.24) is 4.31 Å². The van der Waals surface area contributed by atoms with Crippen molar-refractivity contribution < 1.29 is 17.6 Å². The van der Waals surface area contributed by atoms with Crippen LogP contribution in [0.3, 0.4) is 0 Å². The summed E-state index contributed by atoms with van der Waals surface area (Å²) in [4.78, 5) is 15.3. The Morgan fingerprint density at radius 1 is 1.00 bits per heavy atom. The molecule has 33 heavy (non-hydrogen) atoms. The Hall–Kier alpha value is -3.10. The normalized spacial score (nSPS) is 14.4. The number of carbonyl (C=O) groups excluding carboxylic acids is 1. The van der Waals surface area contributed by atoms with E-state index in [0.29, 0.717) is 11.4 Å². The molecule has 1 aromatic heterocycles. The van der Waals surface area contributed by atoms with Gasteiger partial charge in [0.15, 0.2) is 0 Å². The van der Waals surface area contributed by atoms with Crippen molar-refractivity contribution in [3.63, 3.8) is 0 Å². The predicted octanol–water partition coefficient (Wildman–Crippen LogP) is 4.41. The fourth-order valence-corrected chi connectivity index (χ4v) is 5.29. The average molecular weight is 468 g/mol. The number of aryl methyl sites for hydroxylation is 1. The molecule has 0 spiro atoms. The van der Waals surface area contributed by atoms with Crippen molar-refractivity contribution in [3.05, 3.63) is 78.3 Å². The number of benzene rings is 2. The summed E-state index contributed by atoms with van der Waals surface area (Å²) in [5.74, 6) is 0.0485. The van der Waals surface area contributed by atoms with Crippen LogP contribution in [0.2, 0.25) is 0 Å². The number of anilines is 2. The minimum Gasteiger partial charge on any atom is -0.468 e. The number of hydrogen-bond donors (Lipinski definition) is 1. The summed E-state index contributed by atoms with van der Waals surface area (Å²) in [6, 6.07) is 17.7. The second-order valence-corrected chi connectivity index (χ2v) is 10.2. The number of carbonyl (C=O) groups is 1. The first kappa shape index (κ1) is 23.1. The standard InChI is InChI=1S/C25H29N3O4S/c1-20-7-13-24(14-8-20)33(30,31)28(18-23-6-5-17-32-23)19-25(29)26-21-9-11-22(12-10-21)27-15-3-2-4-16-27/h5-14,17H,2-4,15-16,18-19H2,1H3,(H,26,29). The van der Waals surface area contributed by atoms with Gasteiger partial charge in [0.2, 0.25) is 15.9 Å². The highest BCUT2D eigenvalue weighted by Gasteiger charge is 2.27. The van der Waals surface area contributed by atoms with Crippen molar-refractivity contribution in [2.75, 3.05) is 29.9 Å². The number of sulfonamides is 1. The van der Waals surface area contributed by atoms with Crippen LogP contribution in [0.1, 0.15) is 30.6 Å². The number of nitrogens with one attached hydrogen (secondary N) is 1. The van der Waals surface area contributed by atoms with Crippen LogP contribution in [-0.2, 0) is 21.4 Å². The Balaban J connectivity index is 1.47. The van der Waals surface area contributed by atoms with E-state index in [2.05, 4.69) is 10.2 Å². The Labute approximate surface area is 195 Å². The van der Waals surface area contributed by atoms with Gasteiger partial charge in [-0.2, -0.15) is 4.31 Å². The number of hydrogen-bond acceptors (Lipinski definition) is 5. The molecule has 8 heteroatoms. The Morgan fingerprint density at radius 3 is 2.33 bits per heavy atom. The van der Waals surface area contributed by atoms with Crippen molar-refractivity contribution in [3.8, 4) is 0 Å². The molecular formula is C25H29N3O4S. The van der Waals surface area contributed by atoms with Crippen LogP contribution in [0, 0.1) is 6.92 Å². The van der Waals surface area contributed by atoms with Gasteiger partial charge >= 0.3 is 0 Å². The Bertz CT molecular complexity index is 1150. The quantitative estimate of drug-likeness (QED) is 0.531. The van der Waals surface area contributed by atoms with Gasteiger partial charge in [0.1, 0.15) is 5.76 Å². The molecule has 1 aliphatic heterocycles. The lowest BCUT2D eigenvalue weighted by molar-refractivity contribution is -0.116. The molecule has 0 saturated carbocycles. The molecule has 1 amide bonds. The zero-order chi connectivity index (χ0) is 23.3. The lowest BCUT2D eigenvalue weighted by Gasteiger charge is -2.28. The average Bonchev–Trinajstić information content (AvgIpc) is 3.33. The smallest absolute Gasteiger partial charge is 0.243 e. The van der Waals surface area contributed by atoms with E-state index in [1.54, 1.807) is 36.4 Å². The molecule has 1 saturated heterocycles. The van der Waals surface area contributed by atoms with Gasteiger partial charge in [0.25, 0.3) is 0 Å². The highest BCUT2D eigenvalue weighted by molar-refractivity contribution is 7.89. The van der Waals surface area contributed by atoms with Gasteiger partial charge < -0.3 is 14.6 Å². The fraction of sp³-hybridized carbons (Fsp3) is 0.320. The zero-order valence-electron chi connectivity index (χ0n) is 18.7. The third-order valence-electron chi connectivity index (χ3n) is 5.76. The third kappa shape index (κ3) is 5.83. The number of piperidine rings is 1. The molecule has 3 aromatic rings. The van der Waals surface area contributed by atoms with Crippen LogP contribution >= 0.6 is 0 Å². The zero-order valence-corrected chi connectivity index (χ0v) is 19.6. The summed E-state index contributed by atoms with van der Waals surface area (Å²) in [7, 11) is -3.90. The molecule has 1 aliphatic rings. The first-order chi connectivity index (χ1) is 15.9. The maximum atomic E-state index is 13.3. The van der Waals surface area contributed by atoms with Gasteiger partial charge in [-0.15, -0.1) is 0 Å². The van der Waals surface area contributed by atoms with E-state index >= 15 is 0 Å². The Kier molecular flexibility index (Phi) is 7.15. The van der Waals surface area contributed by atoms with Crippen molar-refractivity contribution in [1.29, 1.82) is 0 Å². The largest absolute Gasteiger partial charge is 0.468 e. The lowest BCUT2D eigenvalue weighted by Crippen LogP contribution is -2.37. The predicted molar refractivity (Wildman–Crippen MR) is 129 cm³/mol. The third-order valence-corrected chi connectivity index (χ3v) is 7.57. The van der Waals surface area contributed by atoms with Gasteiger partial charge in [-0.3, -0.25) is 4.79 Å². The van der Waals surface area contributed by atoms with E-state index in [4.69, 9.17) is 4.42 Å². The summed E-state index contributed by atoms with van der Waals surface area (Å²) in [5, 5.41) is 2.82. The summed E-state index contributed by atoms with van der Waals surface area (Å²) in [6.45, 7) is 3.62. The van der Waals surface area contributed by atoms with Crippen molar-refractivity contribution in [2.45, 2.75) is 37.6 Å². The second-order valence-electron chi connectivity index (χ2n) is 8.31. The first-order valence-electron chi connectivity index (χ1n) is 11.2. The molecule has 7 nitrogen and oxygen atoms in total. The van der Waals surface area contributed by atoms with Crippen LogP contribution < -0.4 is 10.2 Å². The highest BCUT2D eigenvalue weighted by atomic mass is 32.2. The van der Waals surface area contributed by atoms with Crippen LogP contribution in [0.15, 0.2) is 76.2 Å². The number of rotatable bonds is 8. The topological polar surface area (TPSA) is 82.9 Å². The molecule has 0 aliphatic carbocycles. The SMILES string of the molecule is Cc1ccc(S(=O)(=O)N(CC(=O)Nc2ccc(N3CCCCC3)cc2)Cc2ccco2)cc1. The van der Waals surface area contributed by atoms with Gasteiger partial charge in [-0.1, -0.05) is 17.7 Å². The molecule has 174 valence electrons. The summed E-state index contributed by atoms with van der Waals surface area (Å²) >= 11 is 0. The van der Waals surface area contributed by atoms with Crippen LogP contribution in [0.4, 0.5) is 11.4 Å². The monoisotopic (exact) mass is 467 g/mol. The van der Waals surface area contributed by atoms with E-state index in [1.807, 2.05) is 31.2 Å². The first-order valence-corrected chi connectivity index (χ1v) is 12.6. The van der Waals surface area contributed by atoms with Crippen molar-refractivity contribution >= 4 is 27.3 Å². The second kappa shape index (κ2) is 10.2.